The standard InChI is InChI=1S/C66H41F4NO/c1-3-40-20-24-42(25-21-40)65(56-34-28-44(67)36-60(56)69)54-16-8-5-12-48(54)50-32-30-46(38-58(50)65)71(62-18-11-15-53-52-14-7-10-19-63(52)72-64(53)62)47-31-33-51-49-13-6-9-17-55(49)66(59(51)39-47,43-26-22-41(4-2)23-27-43)57-35-29-45(68)37-61(57)70/h3-39H,1-2H2. The van der Waals surface area contributed by atoms with Crippen LogP contribution in [0.4, 0.5) is 34.6 Å². The summed E-state index contributed by atoms with van der Waals surface area (Å²) in [5.41, 5.74) is 11.9. The van der Waals surface area contributed by atoms with E-state index < -0.39 is 34.1 Å². The average Bonchev–Trinajstić information content (AvgIpc) is 4.04. The van der Waals surface area contributed by atoms with E-state index in [1.165, 1.54) is 12.1 Å². The van der Waals surface area contributed by atoms with E-state index in [4.69, 9.17) is 4.42 Å². The van der Waals surface area contributed by atoms with Gasteiger partial charge < -0.3 is 9.32 Å². The van der Waals surface area contributed by atoms with Gasteiger partial charge in [-0.3, -0.25) is 0 Å². The van der Waals surface area contributed by atoms with E-state index in [1.807, 2.05) is 127 Å². The van der Waals surface area contributed by atoms with Gasteiger partial charge >= 0.3 is 0 Å². The molecule has 0 saturated carbocycles. The first-order chi connectivity index (χ1) is 35.2. The number of anilines is 3. The second-order valence-corrected chi connectivity index (χ2v) is 18.5. The molecule has 0 aliphatic heterocycles. The Balaban J connectivity index is 1.13. The molecule has 10 aromatic carbocycles. The van der Waals surface area contributed by atoms with E-state index in [9.17, 15) is 0 Å². The van der Waals surface area contributed by atoms with Crippen molar-refractivity contribution < 1.29 is 22.0 Å². The highest BCUT2D eigenvalue weighted by molar-refractivity contribution is 6.10. The van der Waals surface area contributed by atoms with Crippen molar-refractivity contribution in [3.8, 4) is 22.3 Å². The van der Waals surface area contributed by atoms with Crippen molar-refractivity contribution in [1.29, 1.82) is 0 Å². The minimum atomic E-state index is -1.25. The molecule has 0 radical (unpaired) electrons. The number of halogens is 4. The van der Waals surface area contributed by atoms with Crippen LogP contribution in [0.1, 0.15) is 55.6 Å². The number of hydrogen-bond donors (Lipinski definition) is 0. The zero-order valence-corrected chi connectivity index (χ0v) is 38.6. The summed E-state index contributed by atoms with van der Waals surface area (Å²) in [7, 11) is 0. The molecule has 13 rings (SSSR count). The van der Waals surface area contributed by atoms with Gasteiger partial charge in [-0.05, 0) is 115 Å². The fraction of sp³-hybridized carbons (Fsp3) is 0.0303. The zero-order valence-electron chi connectivity index (χ0n) is 38.6. The SMILES string of the molecule is C=Cc1ccc(C2(c3ccc(F)cc3F)c3ccccc3-c3ccc(N(c4ccc5c(c4)C(c4ccc(C=C)cc4)(c4ccc(F)cc4F)c4ccccc4-5)c4cccc5c4oc4ccccc45)cc32)cc1. The van der Waals surface area contributed by atoms with Gasteiger partial charge in [-0.2, -0.15) is 0 Å². The van der Waals surface area contributed by atoms with Crippen molar-refractivity contribution in [2.45, 2.75) is 10.8 Å². The van der Waals surface area contributed by atoms with Crippen molar-refractivity contribution in [3.63, 3.8) is 0 Å². The Morgan fingerprint density at radius 2 is 0.847 bits per heavy atom. The third-order valence-electron chi connectivity index (χ3n) is 15.0. The van der Waals surface area contributed by atoms with E-state index in [0.29, 0.717) is 28.1 Å². The van der Waals surface area contributed by atoms with Gasteiger partial charge in [0.1, 0.15) is 28.9 Å². The maximum absolute atomic E-state index is 17.0. The van der Waals surface area contributed by atoms with Crippen molar-refractivity contribution in [2.24, 2.45) is 0 Å². The molecule has 0 fully saturated rings. The lowest BCUT2D eigenvalue weighted by Gasteiger charge is -2.36. The van der Waals surface area contributed by atoms with Crippen LogP contribution in [-0.4, -0.2) is 0 Å². The Morgan fingerprint density at radius 1 is 0.389 bits per heavy atom. The third kappa shape index (κ3) is 6.08. The number of nitrogens with zero attached hydrogens (tertiary/aromatic N) is 1. The molecule has 344 valence electrons. The molecular weight excluding hydrogens is 899 g/mol. The lowest BCUT2D eigenvalue weighted by Crippen LogP contribution is -2.30. The highest BCUT2D eigenvalue weighted by Gasteiger charge is 2.50. The second-order valence-electron chi connectivity index (χ2n) is 18.5. The Morgan fingerprint density at radius 3 is 1.35 bits per heavy atom. The third-order valence-corrected chi connectivity index (χ3v) is 15.0. The van der Waals surface area contributed by atoms with Crippen LogP contribution in [0.2, 0.25) is 0 Å². The molecule has 6 heteroatoms. The van der Waals surface area contributed by atoms with Crippen LogP contribution in [-0.2, 0) is 10.8 Å². The van der Waals surface area contributed by atoms with E-state index in [1.54, 1.807) is 24.3 Å². The van der Waals surface area contributed by atoms with Crippen molar-refractivity contribution in [3.05, 3.63) is 304 Å². The normalized spacial score (nSPS) is 16.3. The molecular formula is C66H41F4NO. The molecule has 0 bridgehead atoms. The Hall–Kier alpha value is -9.00. The van der Waals surface area contributed by atoms with Crippen molar-refractivity contribution >= 4 is 51.2 Å². The maximum Gasteiger partial charge on any atom is 0.159 e. The number of rotatable bonds is 9. The first-order valence-electron chi connectivity index (χ1n) is 23.8. The summed E-state index contributed by atoms with van der Waals surface area (Å²) < 4.78 is 70.8. The van der Waals surface area contributed by atoms with E-state index in [2.05, 4.69) is 66.6 Å². The molecule has 1 heterocycles. The van der Waals surface area contributed by atoms with E-state index >= 15 is 17.6 Å². The summed E-state index contributed by atoms with van der Waals surface area (Å²) in [4.78, 5) is 2.15. The number of furan rings is 1. The predicted octanol–water partition coefficient (Wildman–Crippen LogP) is 17.6. The number of para-hydroxylation sites is 2. The van der Waals surface area contributed by atoms with Gasteiger partial charge in [-0.1, -0.05) is 177 Å². The van der Waals surface area contributed by atoms with Crippen LogP contribution < -0.4 is 4.90 Å². The molecule has 2 aliphatic carbocycles. The van der Waals surface area contributed by atoms with E-state index in [-0.39, 0.29) is 0 Å². The topological polar surface area (TPSA) is 16.4 Å². The first-order valence-corrected chi connectivity index (χ1v) is 23.8. The quantitative estimate of drug-likeness (QED) is 0.134. The van der Waals surface area contributed by atoms with Crippen LogP contribution in [0.25, 0.3) is 56.3 Å². The van der Waals surface area contributed by atoms with E-state index in [0.717, 1.165) is 101 Å². The highest BCUT2D eigenvalue weighted by Crippen LogP contribution is 2.60. The molecule has 0 saturated heterocycles. The molecule has 2 unspecified atom stereocenters. The Kier molecular flexibility index (Phi) is 9.74. The molecule has 0 N–H and O–H groups in total. The average molecular weight is 940 g/mol. The summed E-state index contributed by atoms with van der Waals surface area (Å²) in [6.07, 6.45) is 3.54. The fourth-order valence-electron chi connectivity index (χ4n) is 12.0. The van der Waals surface area contributed by atoms with Crippen LogP contribution in [0.3, 0.4) is 0 Å². The molecule has 72 heavy (non-hydrogen) atoms. The minimum absolute atomic E-state index is 0.299. The highest BCUT2D eigenvalue weighted by atomic mass is 19.1. The molecule has 11 aromatic rings. The molecule has 2 aliphatic rings. The maximum atomic E-state index is 17.0. The summed E-state index contributed by atoms with van der Waals surface area (Å²) in [6, 6.07) is 66.1. The summed E-state index contributed by atoms with van der Waals surface area (Å²) in [5, 5.41) is 1.86. The summed E-state index contributed by atoms with van der Waals surface area (Å²) >= 11 is 0. The largest absolute Gasteiger partial charge is 0.454 e. The number of hydrogen-bond acceptors (Lipinski definition) is 2. The van der Waals surface area contributed by atoms with Gasteiger partial charge in [-0.15, -0.1) is 0 Å². The lowest BCUT2D eigenvalue weighted by atomic mass is 9.67. The molecule has 2 nitrogen and oxygen atoms in total. The molecule has 0 spiro atoms. The van der Waals surface area contributed by atoms with Gasteiger partial charge in [0.2, 0.25) is 0 Å². The van der Waals surface area contributed by atoms with Gasteiger partial charge in [0, 0.05) is 45.4 Å². The summed E-state index contributed by atoms with van der Waals surface area (Å²) in [6.45, 7) is 7.99. The van der Waals surface area contributed by atoms with Gasteiger partial charge in [0.05, 0.1) is 16.5 Å². The monoisotopic (exact) mass is 939 g/mol. The smallest absolute Gasteiger partial charge is 0.159 e. The van der Waals surface area contributed by atoms with Crippen LogP contribution in [0, 0.1) is 23.3 Å². The minimum Gasteiger partial charge on any atom is -0.454 e. The van der Waals surface area contributed by atoms with Crippen molar-refractivity contribution in [1.82, 2.24) is 0 Å². The van der Waals surface area contributed by atoms with Crippen LogP contribution in [0.15, 0.2) is 230 Å². The zero-order chi connectivity index (χ0) is 48.9. The van der Waals surface area contributed by atoms with Gasteiger partial charge in [-0.25, -0.2) is 17.6 Å². The first kappa shape index (κ1) is 43.1. The van der Waals surface area contributed by atoms with Crippen LogP contribution >= 0.6 is 0 Å². The predicted molar refractivity (Wildman–Crippen MR) is 283 cm³/mol. The Labute approximate surface area is 413 Å². The Bertz CT molecular complexity index is 3830. The number of fused-ring (bicyclic) bond motifs is 9. The lowest BCUT2D eigenvalue weighted by molar-refractivity contribution is 0.555. The second kappa shape index (κ2) is 16.3. The number of benzene rings is 10. The molecule has 1 aromatic heterocycles. The van der Waals surface area contributed by atoms with Gasteiger partial charge in [0.25, 0.3) is 0 Å². The molecule has 2 atom stereocenters. The van der Waals surface area contributed by atoms with Gasteiger partial charge in [0.15, 0.2) is 5.58 Å². The summed E-state index contributed by atoms with van der Waals surface area (Å²) in [5.74, 6) is -2.71. The molecule has 0 amide bonds. The van der Waals surface area contributed by atoms with Crippen molar-refractivity contribution in [2.75, 3.05) is 4.90 Å². The van der Waals surface area contributed by atoms with Crippen LogP contribution in [0.5, 0.6) is 0 Å². The fourth-order valence-corrected chi connectivity index (χ4v) is 12.0.